The van der Waals surface area contributed by atoms with Crippen LogP contribution in [0.15, 0.2) is 24.3 Å². The summed E-state index contributed by atoms with van der Waals surface area (Å²) in [6.45, 7) is 11.9. The van der Waals surface area contributed by atoms with Crippen molar-refractivity contribution >= 4 is 23.5 Å². The molecule has 4 rings (SSSR count). The van der Waals surface area contributed by atoms with Gasteiger partial charge in [0.25, 0.3) is 0 Å². The monoisotopic (exact) mass is 398 g/mol. The highest BCUT2D eigenvalue weighted by Gasteiger charge is 2.87. The Morgan fingerprint density at radius 2 is 2.00 bits per heavy atom. The topological polar surface area (TPSA) is 106 Å². The first-order valence-corrected chi connectivity index (χ1v) is 9.34. The second-order valence-corrected chi connectivity index (χ2v) is 8.97. The van der Waals surface area contributed by atoms with Crippen LogP contribution in [0.25, 0.3) is 0 Å². The number of halogens is 1. The average molecular weight is 399 g/mol. The van der Waals surface area contributed by atoms with Crippen molar-refractivity contribution in [2.45, 2.75) is 67.7 Å². The molecule has 9 unspecified atom stereocenters. The fraction of sp³-hybridized carbons (Fsp3) is 0.684. The third-order valence-electron chi connectivity index (χ3n) is 6.77. The molecule has 0 aromatic rings. The van der Waals surface area contributed by atoms with Gasteiger partial charge >= 0.3 is 11.9 Å². The maximum atomic E-state index is 12.2. The first-order valence-electron chi connectivity index (χ1n) is 8.90. The van der Waals surface area contributed by atoms with Gasteiger partial charge < -0.3 is 24.4 Å². The van der Waals surface area contributed by atoms with Crippen molar-refractivity contribution in [3.63, 3.8) is 0 Å². The van der Waals surface area contributed by atoms with Crippen molar-refractivity contribution in [1.82, 2.24) is 0 Å². The first-order chi connectivity index (χ1) is 12.4. The van der Waals surface area contributed by atoms with Crippen LogP contribution in [0, 0.1) is 11.8 Å². The molecule has 9 atom stereocenters. The molecular formula is C19H23ClO7. The molecule has 2 aliphatic heterocycles. The van der Waals surface area contributed by atoms with E-state index >= 15 is 0 Å². The predicted octanol–water partition coefficient (Wildman–Crippen LogP) is 0.853. The molecule has 4 aliphatic rings. The van der Waals surface area contributed by atoms with Gasteiger partial charge in [-0.2, -0.15) is 0 Å². The third kappa shape index (κ3) is 2.14. The van der Waals surface area contributed by atoms with Crippen LogP contribution in [0.5, 0.6) is 0 Å². The molecule has 148 valence electrons. The second-order valence-electron chi connectivity index (χ2n) is 8.50. The van der Waals surface area contributed by atoms with Crippen LogP contribution in [0.1, 0.15) is 27.2 Å². The molecule has 0 radical (unpaired) electrons. The Hall–Kier alpha value is -1.41. The van der Waals surface area contributed by atoms with Crippen molar-refractivity contribution in [2.24, 2.45) is 11.8 Å². The van der Waals surface area contributed by atoms with Gasteiger partial charge in [0.1, 0.15) is 29.5 Å². The van der Waals surface area contributed by atoms with E-state index in [0.29, 0.717) is 0 Å². The van der Waals surface area contributed by atoms with Gasteiger partial charge in [-0.15, -0.1) is 11.6 Å². The summed E-state index contributed by atoms with van der Waals surface area (Å²) < 4.78 is 16.9. The maximum absolute atomic E-state index is 12.2. The zero-order valence-electron chi connectivity index (χ0n) is 15.4. The van der Waals surface area contributed by atoms with Crippen LogP contribution in [-0.4, -0.2) is 62.6 Å². The molecule has 7 nitrogen and oxygen atoms in total. The number of esters is 2. The molecule has 8 heteroatoms. The summed E-state index contributed by atoms with van der Waals surface area (Å²) in [6, 6.07) is 0. The van der Waals surface area contributed by atoms with Gasteiger partial charge in [0.15, 0.2) is 0 Å². The molecule has 4 fully saturated rings. The lowest BCUT2D eigenvalue weighted by Gasteiger charge is -2.41. The minimum atomic E-state index is -1.67. The van der Waals surface area contributed by atoms with Gasteiger partial charge in [0.2, 0.25) is 0 Å². The Labute approximate surface area is 161 Å². The molecule has 0 amide bonds. The number of hydrogen-bond acceptors (Lipinski definition) is 7. The molecule has 0 aromatic carbocycles. The van der Waals surface area contributed by atoms with E-state index in [1.165, 1.54) is 13.8 Å². The minimum Gasteiger partial charge on any atom is -0.458 e. The lowest BCUT2D eigenvalue weighted by Crippen LogP contribution is -2.59. The zero-order valence-corrected chi connectivity index (χ0v) is 16.2. The Morgan fingerprint density at radius 3 is 2.59 bits per heavy atom. The lowest BCUT2D eigenvalue weighted by atomic mass is 9.72. The smallest absolute Gasteiger partial charge is 0.334 e. The van der Waals surface area contributed by atoms with Gasteiger partial charge in [0, 0.05) is 17.1 Å². The van der Waals surface area contributed by atoms with Crippen molar-refractivity contribution < 1.29 is 34.0 Å². The number of fused-ring (bicyclic) bond motifs is 2. The van der Waals surface area contributed by atoms with Crippen LogP contribution in [-0.2, 0) is 23.8 Å². The van der Waals surface area contributed by atoms with Crippen LogP contribution in [0.2, 0.25) is 0 Å². The molecule has 0 bridgehead atoms. The highest BCUT2D eigenvalue weighted by molar-refractivity contribution is 6.22. The third-order valence-corrected chi connectivity index (χ3v) is 7.44. The number of ether oxygens (including phenoxy) is 3. The number of hydrogen-bond donors (Lipinski definition) is 2. The van der Waals surface area contributed by atoms with Crippen molar-refractivity contribution in [1.29, 1.82) is 0 Å². The Bertz CT molecular complexity index is 772. The Kier molecular flexibility index (Phi) is 3.75. The lowest BCUT2D eigenvalue weighted by molar-refractivity contribution is -0.183. The summed E-state index contributed by atoms with van der Waals surface area (Å²) in [7, 11) is 0. The molecule has 2 heterocycles. The fourth-order valence-electron chi connectivity index (χ4n) is 5.23. The summed E-state index contributed by atoms with van der Waals surface area (Å²) >= 11 is 6.44. The highest BCUT2D eigenvalue weighted by atomic mass is 35.5. The molecule has 2 saturated carbocycles. The van der Waals surface area contributed by atoms with Crippen molar-refractivity contribution in [2.75, 3.05) is 0 Å². The van der Waals surface area contributed by atoms with Crippen LogP contribution in [0.4, 0.5) is 0 Å². The Morgan fingerprint density at radius 1 is 1.37 bits per heavy atom. The largest absolute Gasteiger partial charge is 0.458 e. The van der Waals surface area contributed by atoms with Crippen molar-refractivity contribution in [3.05, 3.63) is 24.3 Å². The van der Waals surface area contributed by atoms with E-state index in [9.17, 15) is 19.8 Å². The van der Waals surface area contributed by atoms with Gasteiger partial charge in [-0.3, -0.25) is 0 Å². The molecule has 27 heavy (non-hydrogen) atoms. The van der Waals surface area contributed by atoms with E-state index in [4.69, 9.17) is 25.8 Å². The van der Waals surface area contributed by atoms with Crippen LogP contribution >= 0.6 is 11.6 Å². The summed E-state index contributed by atoms with van der Waals surface area (Å²) in [5, 5.41) is 21.8. The van der Waals surface area contributed by atoms with Gasteiger partial charge in [-0.25, -0.2) is 9.59 Å². The highest BCUT2D eigenvalue weighted by Crippen LogP contribution is 2.69. The standard InChI is InChI=1S/C19H23ClO7/c1-7(2)15(21)25-10-6-9-8(3)16(22)26-11(9)12-17(4,23)13(20)14-19(12,27-14)18(10,5)24/h9-14,23-24H,1,3,6H2,2,4-5H3. The molecule has 1 spiro atoms. The second kappa shape index (κ2) is 5.35. The van der Waals surface area contributed by atoms with E-state index in [0.717, 1.165) is 0 Å². The number of alkyl halides is 1. The number of epoxide rings is 1. The summed E-state index contributed by atoms with van der Waals surface area (Å²) in [5.41, 5.74) is -4.03. The summed E-state index contributed by atoms with van der Waals surface area (Å²) in [4.78, 5) is 24.4. The van der Waals surface area contributed by atoms with E-state index in [-0.39, 0.29) is 17.6 Å². The van der Waals surface area contributed by atoms with E-state index in [1.807, 2.05) is 0 Å². The molecule has 0 aromatic heterocycles. The van der Waals surface area contributed by atoms with Gasteiger partial charge in [-0.05, 0) is 27.2 Å². The normalized spacial score (nSPS) is 53.0. The van der Waals surface area contributed by atoms with Crippen LogP contribution < -0.4 is 0 Å². The van der Waals surface area contributed by atoms with E-state index in [2.05, 4.69) is 13.2 Å². The maximum Gasteiger partial charge on any atom is 0.334 e. The quantitative estimate of drug-likeness (QED) is 0.307. The minimum absolute atomic E-state index is 0.110. The molecular weight excluding hydrogens is 376 g/mol. The first kappa shape index (κ1) is 18.9. The number of carbonyl (C=O) groups excluding carboxylic acids is 2. The predicted molar refractivity (Wildman–Crippen MR) is 93.8 cm³/mol. The number of aliphatic hydroxyl groups is 2. The molecule has 2 saturated heterocycles. The van der Waals surface area contributed by atoms with Crippen molar-refractivity contribution in [3.8, 4) is 0 Å². The molecule has 2 N–H and O–H groups in total. The Balaban J connectivity index is 1.84. The molecule has 2 aliphatic carbocycles. The number of rotatable bonds is 2. The van der Waals surface area contributed by atoms with E-state index < -0.39 is 64.3 Å². The van der Waals surface area contributed by atoms with E-state index in [1.54, 1.807) is 6.92 Å². The number of carbonyl (C=O) groups is 2. The average Bonchev–Trinajstić information content (AvgIpc) is 3.22. The SMILES string of the molecule is C=C(C)C(=O)OC1CC2C(=C)C(=O)OC2C2C(C)(O)C(Cl)C3OC32C1(C)O. The van der Waals surface area contributed by atoms with Gasteiger partial charge in [0.05, 0.1) is 16.9 Å². The van der Waals surface area contributed by atoms with Gasteiger partial charge in [-0.1, -0.05) is 13.2 Å². The zero-order chi connectivity index (χ0) is 20.1. The fourth-order valence-corrected chi connectivity index (χ4v) is 5.60. The summed E-state index contributed by atoms with van der Waals surface area (Å²) in [6.07, 6.45) is -2.35. The van der Waals surface area contributed by atoms with Crippen LogP contribution in [0.3, 0.4) is 0 Å². The summed E-state index contributed by atoms with van der Waals surface area (Å²) in [5.74, 6) is -2.58.